The van der Waals surface area contributed by atoms with Crippen LogP contribution in [0.3, 0.4) is 0 Å². The number of para-hydroxylation sites is 1. The smallest absolute Gasteiger partial charge is 0.220 e. The third-order valence-electron chi connectivity index (χ3n) is 3.73. The maximum Gasteiger partial charge on any atom is 0.220 e. The first kappa shape index (κ1) is 14.4. The van der Waals surface area contributed by atoms with Gasteiger partial charge in [0, 0.05) is 11.8 Å². The minimum absolute atomic E-state index is 0.0387. The molecule has 0 spiro atoms. The second-order valence-electron chi connectivity index (χ2n) is 5.46. The van der Waals surface area contributed by atoms with Crippen LogP contribution >= 0.6 is 0 Å². The van der Waals surface area contributed by atoms with Crippen molar-refractivity contribution >= 4 is 16.9 Å². The topological polar surface area (TPSA) is 42.2 Å². The molecule has 0 saturated heterocycles. The zero-order valence-corrected chi connectivity index (χ0v) is 12.6. The van der Waals surface area contributed by atoms with Gasteiger partial charge >= 0.3 is 0 Å². The minimum Gasteiger partial charge on any atom is -0.459 e. The van der Waals surface area contributed by atoms with Crippen LogP contribution in [-0.4, -0.2) is 5.91 Å². The summed E-state index contributed by atoms with van der Waals surface area (Å²) in [6.07, 6.45) is 1.23. The molecular weight excluding hydrogens is 274 g/mol. The molecule has 0 aliphatic rings. The summed E-state index contributed by atoms with van der Waals surface area (Å²) in [6, 6.07) is 19.7. The van der Waals surface area contributed by atoms with Crippen molar-refractivity contribution in [3.8, 4) is 0 Å². The Hall–Kier alpha value is -2.55. The molecule has 0 unspecified atom stereocenters. The first-order valence-corrected chi connectivity index (χ1v) is 7.54. The molecule has 0 aliphatic heterocycles. The van der Waals surface area contributed by atoms with Crippen LogP contribution in [0.1, 0.15) is 30.7 Å². The van der Waals surface area contributed by atoms with E-state index in [1.165, 1.54) is 5.56 Å². The molecule has 0 fully saturated rings. The lowest BCUT2D eigenvalue weighted by Crippen LogP contribution is -2.26. The fourth-order valence-electron chi connectivity index (χ4n) is 2.50. The molecule has 1 aromatic heterocycles. The van der Waals surface area contributed by atoms with Crippen molar-refractivity contribution in [3.63, 3.8) is 0 Å². The van der Waals surface area contributed by atoms with Gasteiger partial charge in [0.1, 0.15) is 11.3 Å². The Kier molecular flexibility index (Phi) is 4.24. The Morgan fingerprint density at radius 3 is 2.59 bits per heavy atom. The largest absolute Gasteiger partial charge is 0.459 e. The molecule has 2 aromatic carbocycles. The summed E-state index contributed by atoms with van der Waals surface area (Å²) in [5.41, 5.74) is 2.02. The summed E-state index contributed by atoms with van der Waals surface area (Å²) >= 11 is 0. The van der Waals surface area contributed by atoms with E-state index in [2.05, 4.69) is 5.32 Å². The lowest BCUT2D eigenvalue weighted by Gasteiger charge is -2.11. The zero-order valence-electron chi connectivity index (χ0n) is 12.6. The molecule has 3 rings (SSSR count). The molecule has 3 aromatic rings. The predicted molar refractivity (Wildman–Crippen MR) is 87.5 cm³/mol. The standard InChI is InChI=1S/C19H19NO2/c1-14(18-13-16-9-5-6-10-17(16)22-18)20-19(21)12-11-15-7-3-2-4-8-15/h2-10,13-14H,11-12H2,1H3,(H,20,21)/t14-/m1/s1. The summed E-state index contributed by atoms with van der Waals surface area (Å²) in [5, 5.41) is 4.05. The highest BCUT2D eigenvalue weighted by molar-refractivity contribution is 5.79. The van der Waals surface area contributed by atoms with Gasteiger partial charge in [0.25, 0.3) is 0 Å². The highest BCUT2D eigenvalue weighted by atomic mass is 16.3. The van der Waals surface area contributed by atoms with Crippen molar-refractivity contribution in [2.45, 2.75) is 25.8 Å². The minimum atomic E-state index is -0.129. The maximum atomic E-state index is 12.1. The second kappa shape index (κ2) is 6.48. The summed E-state index contributed by atoms with van der Waals surface area (Å²) in [5.74, 6) is 0.825. The van der Waals surface area contributed by atoms with Crippen molar-refractivity contribution in [2.75, 3.05) is 0 Å². The average Bonchev–Trinajstić information content (AvgIpc) is 2.98. The predicted octanol–water partition coefficient (Wildman–Crippen LogP) is 4.24. The van der Waals surface area contributed by atoms with E-state index >= 15 is 0 Å². The van der Waals surface area contributed by atoms with Crippen molar-refractivity contribution in [3.05, 3.63) is 72.0 Å². The Morgan fingerprint density at radius 2 is 1.82 bits per heavy atom. The van der Waals surface area contributed by atoms with Gasteiger partial charge in [-0.15, -0.1) is 0 Å². The zero-order chi connectivity index (χ0) is 15.4. The molecule has 3 heteroatoms. The molecule has 0 radical (unpaired) electrons. The molecule has 0 aliphatic carbocycles. The van der Waals surface area contributed by atoms with Crippen LogP contribution < -0.4 is 5.32 Å². The lowest BCUT2D eigenvalue weighted by atomic mass is 10.1. The summed E-state index contributed by atoms with van der Waals surface area (Å²) in [4.78, 5) is 12.1. The van der Waals surface area contributed by atoms with Crippen molar-refractivity contribution in [2.24, 2.45) is 0 Å². The van der Waals surface area contributed by atoms with Gasteiger partial charge < -0.3 is 9.73 Å². The van der Waals surface area contributed by atoms with E-state index < -0.39 is 0 Å². The maximum absolute atomic E-state index is 12.1. The van der Waals surface area contributed by atoms with Gasteiger partial charge in [0.2, 0.25) is 5.91 Å². The van der Waals surface area contributed by atoms with Gasteiger partial charge in [0.15, 0.2) is 0 Å². The molecular formula is C19H19NO2. The summed E-state index contributed by atoms with van der Waals surface area (Å²) in [7, 11) is 0. The number of amides is 1. The SMILES string of the molecule is C[C@@H](NC(=O)CCc1ccccc1)c1cc2ccccc2o1. The Labute approximate surface area is 130 Å². The number of fused-ring (bicyclic) bond motifs is 1. The van der Waals surface area contributed by atoms with Gasteiger partial charge in [-0.2, -0.15) is 0 Å². The molecule has 0 bridgehead atoms. The van der Waals surface area contributed by atoms with Crippen LogP contribution in [0.5, 0.6) is 0 Å². The van der Waals surface area contributed by atoms with Gasteiger partial charge in [-0.25, -0.2) is 0 Å². The summed E-state index contributed by atoms with van der Waals surface area (Å²) < 4.78 is 5.78. The Bertz CT molecular complexity index is 728. The number of carbonyl (C=O) groups excluding carboxylic acids is 1. The average molecular weight is 293 g/mol. The van der Waals surface area contributed by atoms with Crippen molar-refractivity contribution in [1.29, 1.82) is 0 Å². The molecule has 1 heterocycles. The van der Waals surface area contributed by atoms with E-state index in [4.69, 9.17) is 4.42 Å². The highest BCUT2D eigenvalue weighted by Gasteiger charge is 2.14. The van der Waals surface area contributed by atoms with E-state index in [-0.39, 0.29) is 11.9 Å². The number of aryl methyl sites for hydroxylation is 1. The first-order valence-electron chi connectivity index (χ1n) is 7.54. The highest BCUT2D eigenvalue weighted by Crippen LogP contribution is 2.23. The van der Waals surface area contributed by atoms with Crippen LogP contribution in [0, 0.1) is 0 Å². The number of hydrogen-bond acceptors (Lipinski definition) is 2. The molecule has 1 atom stereocenters. The number of hydrogen-bond donors (Lipinski definition) is 1. The van der Waals surface area contributed by atoms with Gasteiger partial charge in [0.05, 0.1) is 6.04 Å². The lowest BCUT2D eigenvalue weighted by molar-refractivity contribution is -0.121. The quantitative estimate of drug-likeness (QED) is 0.764. The third-order valence-corrected chi connectivity index (χ3v) is 3.73. The Morgan fingerprint density at radius 1 is 1.09 bits per heavy atom. The van der Waals surface area contributed by atoms with Crippen LogP contribution in [0.25, 0.3) is 11.0 Å². The Balaban J connectivity index is 1.58. The number of rotatable bonds is 5. The van der Waals surface area contributed by atoms with Gasteiger partial charge in [-0.3, -0.25) is 4.79 Å². The van der Waals surface area contributed by atoms with Crippen molar-refractivity contribution in [1.82, 2.24) is 5.32 Å². The molecule has 1 amide bonds. The van der Waals surface area contributed by atoms with Gasteiger partial charge in [-0.1, -0.05) is 48.5 Å². The third kappa shape index (κ3) is 3.37. The fourth-order valence-corrected chi connectivity index (χ4v) is 2.50. The van der Waals surface area contributed by atoms with Crippen LogP contribution in [0.15, 0.2) is 65.1 Å². The van der Waals surface area contributed by atoms with Crippen molar-refractivity contribution < 1.29 is 9.21 Å². The normalized spacial score (nSPS) is 12.2. The monoisotopic (exact) mass is 293 g/mol. The van der Waals surface area contributed by atoms with Crippen LogP contribution in [0.2, 0.25) is 0 Å². The molecule has 22 heavy (non-hydrogen) atoms. The van der Waals surface area contributed by atoms with E-state index in [1.54, 1.807) is 0 Å². The van der Waals surface area contributed by atoms with E-state index in [9.17, 15) is 4.79 Å². The van der Waals surface area contributed by atoms with E-state index in [0.29, 0.717) is 6.42 Å². The summed E-state index contributed by atoms with van der Waals surface area (Å²) in [6.45, 7) is 1.94. The number of benzene rings is 2. The van der Waals surface area contributed by atoms with Crippen LogP contribution in [-0.2, 0) is 11.2 Å². The first-order chi connectivity index (χ1) is 10.7. The van der Waals surface area contributed by atoms with E-state index in [0.717, 1.165) is 23.2 Å². The molecule has 1 N–H and O–H groups in total. The molecule has 112 valence electrons. The van der Waals surface area contributed by atoms with Crippen LogP contribution in [0.4, 0.5) is 0 Å². The molecule has 3 nitrogen and oxygen atoms in total. The molecule has 0 saturated carbocycles. The number of nitrogens with one attached hydrogen (secondary N) is 1. The van der Waals surface area contributed by atoms with Gasteiger partial charge in [-0.05, 0) is 31.0 Å². The van der Waals surface area contributed by atoms with E-state index in [1.807, 2.05) is 67.6 Å². The second-order valence-corrected chi connectivity index (χ2v) is 5.46. The number of furan rings is 1. The fraction of sp³-hybridized carbons (Fsp3) is 0.211. The number of carbonyl (C=O) groups is 1.